The molecule has 1 amide bonds. The van der Waals surface area contributed by atoms with E-state index in [0.29, 0.717) is 26.0 Å². The number of hydrogen-bond donors (Lipinski definition) is 0. The van der Waals surface area contributed by atoms with E-state index in [-0.39, 0.29) is 11.9 Å². The first-order valence-corrected chi connectivity index (χ1v) is 6.22. The normalized spacial score (nSPS) is 18.5. The Morgan fingerprint density at radius 2 is 2.11 bits per heavy atom. The predicted octanol–water partition coefficient (Wildman–Crippen LogP) is 1.74. The third-order valence-electron chi connectivity index (χ3n) is 3.10. The molecule has 0 N–H and O–H groups in total. The molecule has 0 aliphatic carbocycles. The molecule has 96 valence electrons. The van der Waals surface area contributed by atoms with Crippen LogP contribution in [-0.4, -0.2) is 29.4 Å². The monoisotopic (exact) mass is 247 g/mol. The van der Waals surface area contributed by atoms with Crippen LogP contribution in [0.15, 0.2) is 30.3 Å². The Bertz CT molecular complexity index is 430. The Morgan fingerprint density at radius 3 is 2.67 bits per heavy atom. The maximum Gasteiger partial charge on any atom is 0.329 e. The van der Waals surface area contributed by atoms with Crippen molar-refractivity contribution in [2.45, 2.75) is 32.4 Å². The van der Waals surface area contributed by atoms with E-state index in [4.69, 9.17) is 4.74 Å². The lowest BCUT2D eigenvalue weighted by atomic mass is 10.1. The number of benzene rings is 1. The van der Waals surface area contributed by atoms with Crippen LogP contribution in [0.5, 0.6) is 0 Å². The lowest BCUT2D eigenvalue weighted by molar-refractivity contribution is -0.148. The average Bonchev–Trinajstić information content (AvgIpc) is 2.82. The van der Waals surface area contributed by atoms with Crippen molar-refractivity contribution in [3.05, 3.63) is 35.9 Å². The fraction of sp³-hybridized carbons (Fsp3) is 0.429. The molecule has 0 radical (unpaired) electrons. The average molecular weight is 247 g/mol. The molecule has 0 bridgehead atoms. The van der Waals surface area contributed by atoms with Crippen molar-refractivity contribution in [2.75, 3.05) is 6.61 Å². The van der Waals surface area contributed by atoms with Gasteiger partial charge in [-0.2, -0.15) is 0 Å². The first-order valence-electron chi connectivity index (χ1n) is 6.22. The molecule has 1 saturated heterocycles. The number of carbonyl (C=O) groups is 2. The van der Waals surface area contributed by atoms with Crippen LogP contribution >= 0.6 is 0 Å². The molecule has 0 saturated carbocycles. The molecule has 18 heavy (non-hydrogen) atoms. The molecule has 1 atom stereocenters. The lowest BCUT2D eigenvalue weighted by Gasteiger charge is -2.26. The third kappa shape index (κ3) is 2.70. The molecule has 1 unspecified atom stereocenters. The zero-order chi connectivity index (χ0) is 13.0. The second-order valence-electron chi connectivity index (χ2n) is 4.33. The second-order valence-corrected chi connectivity index (χ2v) is 4.33. The van der Waals surface area contributed by atoms with Crippen molar-refractivity contribution in [1.82, 2.24) is 4.90 Å². The van der Waals surface area contributed by atoms with Gasteiger partial charge in [-0.1, -0.05) is 37.3 Å². The van der Waals surface area contributed by atoms with Crippen LogP contribution in [-0.2, 0) is 20.9 Å². The van der Waals surface area contributed by atoms with Crippen LogP contribution in [0.2, 0.25) is 0 Å². The standard InChI is InChI=1S/C14H17NO3/c1-2-13(16)15(12-8-9-18-14(12)17)10-11-6-4-3-5-7-11/h3-7,12H,2,8-10H2,1H3. The number of cyclic esters (lactones) is 1. The van der Waals surface area contributed by atoms with Gasteiger partial charge in [-0.25, -0.2) is 4.79 Å². The summed E-state index contributed by atoms with van der Waals surface area (Å²) < 4.78 is 4.95. The van der Waals surface area contributed by atoms with Crippen LogP contribution in [0.4, 0.5) is 0 Å². The van der Waals surface area contributed by atoms with Crippen LogP contribution < -0.4 is 0 Å². The second kappa shape index (κ2) is 5.67. The Kier molecular flexibility index (Phi) is 3.97. The van der Waals surface area contributed by atoms with Gasteiger partial charge in [0.2, 0.25) is 5.91 Å². The molecule has 2 rings (SSSR count). The molecule has 4 nitrogen and oxygen atoms in total. The number of nitrogens with zero attached hydrogens (tertiary/aromatic N) is 1. The first-order chi connectivity index (χ1) is 8.72. The quantitative estimate of drug-likeness (QED) is 0.761. The van der Waals surface area contributed by atoms with Crippen LogP contribution in [0.1, 0.15) is 25.3 Å². The maximum absolute atomic E-state index is 12.0. The summed E-state index contributed by atoms with van der Waals surface area (Å²) in [4.78, 5) is 25.2. The minimum Gasteiger partial charge on any atom is -0.464 e. The van der Waals surface area contributed by atoms with Crippen molar-refractivity contribution in [3.8, 4) is 0 Å². The van der Waals surface area contributed by atoms with Crippen LogP contribution in [0, 0.1) is 0 Å². The highest BCUT2D eigenvalue weighted by Crippen LogP contribution is 2.18. The molecule has 1 aliphatic rings. The number of esters is 1. The van der Waals surface area contributed by atoms with E-state index in [9.17, 15) is 9.59 Å². The molecule has 1 fully saturated rings. The predicted molar refractivity (Wildman–Crippen MR) is 66.6 cm³/mol. The van der Waals surface area contributed by atoms with E-state index in [1.165, 1.54) is 0 Å². The van der Waals surface area contributed by atoms with Gasteiger partial charge >= 0.3 is 5.97 Å². The van der Waals surface area contributed by atoms with E-state index < -0.39 is 6.04 Å². The molecule has 0 spiro atoms. The van der Waals surface area contributed by atoms with Crippen molar-refractivity contribution < 1.29 is 14.3 Å². The first kappa shape index (κ1) is 12.6. The van der Waals surface area contributed by atoms with Gasteiger partial charge in [0.05, 0.1) is 6.61 Å². The van der Waals surface area contributed by atoms with Gasteiger partial charge < -0.3 is 9.64 Å². The summed E-state index contributed by atoms with van der Waals surface area (Å²) in [5.74, 6) is -0.296. The smallest absolute Gasteiger partial charge is 0.329 e. The highest BCUT2D eigenvalue weighted by molar-refractivity contribution is 5.85. The summed E-state index contributed by atoms with van der Waals surface area (Å²) >= 11 is 0. The summed E-state index contributed by atoms with van der Waals surface area (Å²) in [5, 5.41) is 0. The number of ether oxygens (including phenoxy) is 1. The topological polar surface area (TPSA) is 46.6 Å². The fourth-order valence-electron chi connectivity index (χ4n) is 2.12. The Morgan fingerprint density at radius 1 is 1.39 bits per heavy atom. The summed E-state index contributed by atoms with van der Waals surface area (Å²) in [5.41, 5.74) is 1.03. The largest absolute Gasteiger partial charge is 0.464 e. The zero-order valence-corrected chi connectivity index (χ0v) is 10.5. The van der Waals surface area contributed by atoms with Crippen LogP contribution in [0.25, 0.3) is 0 Å². The molecule has 1 heterocycles. The minimum atomic E-state index is -0.419. The zero-order valence-electron chi connectivity index (χ0n) is 10.5. The molecule has 4 heteroatoms. The van der Waals surface area contributed by atoms with E-state index >= 15 is 0 Å². The highest BCUT2D eigenvalue weighted by Gasteiger charge is 2.34. The van der Waals surface area contributed by atoms with Crippen molar-refractivity contribution in [2.24, 2.45) is 0 Å². The van der Waals surface area contributed by atoms with Gasteiger partial charge in [-0.05, 0) is 5.56 Å². The van der Waals surface area contributed by atoms with Gasteiger partial charge in [0.25, 0.3) is 0 Å². The summed E-state index contributed by atoms with van der Waals surface area (Å²) in [7, 11) is 0. The van der Waals surface area contributed by atoms with Crippen molar-refractivity contribution in [1.29, 1.82) is 0 Å². The highest BCUT2D eigenvalue weighted by atomic mass is 16.5. The van der Waals surface area contributed by atoms with E-state index in [1.54, 1.807) is 11.8 Å². The Hall–Kier alpha value is -1.84. The van der Waals surface area contributed by atoms with Gasteiger partial charge in [-0.3, -0.25) is 4.79 Å². The van der Waals surface area contributed by atoms with E-state index in [2.05, 4.69) is 0 Å². The van der Waals surface area contributed by atoms with Crippen LogP contribution in [0.3, 0.4) is 0 Å². The van der Waals surface area contributed by atoms with Crippen molar-refractivity contribution in [3.63, 3.8) is 0 Å². The summed E-state index contributed by atoms with van der Waals surface area (Å²) in [6, 6.07) is 9.28. The number of carbonyl (C=O) groups excluding carboxylic acids is 2. The SMILES string of the molecule is CCC(=O)N(Cc1ccccc1)C1CCOC1=O. The van der Waals surface area contributed by atoms with Crippen molar-refractivity contribution >= 4 is 11.9 Å². The Balaban J connectivity index is 2.15. The Labute approximate surface area is 107 Å². The number of amides is 1. The fourth-order valence-corrected chi connectivity index (χ4v) is 2.12. The van der Waals surface area contributed by atoms with E-state index in [1.807, 2.05) is 30.3 Å². The number of rotatable bonds is 4. The molecule has 1 aromatic rings. The maximum atomic E-state index is 12.0. The molecule has 0 aromatic heterocycles. The molecular weight excluding hydrogens is 230 g/mol. The summed E-state index contributed by atoms with van der Waals surface area (Å²) in [6.07, 6.45) is 0.994. The van der Waals surface area contributed by atoms with E-state index in [0.717, 1.165) is 5.56 Å². The summed E-state index contributed by atoms with van der Waals surface area (Å²) in [6.45, 7) is 2.68. The molecular formula is C14H17NO3. The van der Waals surface area contributed by atoms with Gasteiger partial charge in [-0.15, -0.1) is 0 Å². The molecule has 1 aliphatic heterocycles. The van der Waals surface area contributed by atoms with Gasteiger partial charge in [0, 0.05) is 19.4 Å². The third-order valence-corrected chi connectivity index (χ3v) is 3.10. The minimum absolute atomic E-state index is 0.0114. The molecule has 1 aromatic carbocycles. The lowest BCUT2D eigenvalue weighted by Crippen LogP contribution is -2.42. The van der Waals surface area contributed by atoms with Gasteiger partial charge in [0.1, 0.15) is 6.04 Å². The number of hydrogen-bond acceptors (Lipinski definition) is 3. The van der Waals surface area contributed by atoms with Gasteiger partial charge in [0.15, 0.2) is 0 Å².